The van der Waals surface area contributed by atoms with Crippen LogP contribution in [0.1, 0.15) is 24.0 Å². The maximum atomic E-state index is 10.1. The van der Waals surface area contributed by atoms with Crippen LogP contribution in [0.4, 0.5) is 0 Å². The van der Waals surface area contributed by atoms with E-state index in [4.69, 9.17) is 21.1 Å². The first-order chi connectivity index (χ1) is 7.21. The van der Waals surface area contributed by atoms with Gasteiger partial charge in [-0.3, -0.25) is 0 Å². The summed E-state index contributed by atoms with van der Waals surface area (Å²) in [5, 5.41) is 10.7. The molecule has 0 unspecified atom stereocenters. The topological polar surface area (TPSA) is 38.7 Å². The molecule has 1 N–H and O–H groups in total. The van der Waals surface area contributed by atoms with E-state index < -0.39 is 5.60 Å². The number of aliphatic hydroxyl groups is 1. The first-order valence-electron chi connectivity index (χ1n) is 4.95. The molecule has 80 valence electrons. The van der Waals surface area contributed by atoms with E-state index in [0.717, 1.165) is 29.7 Å². The van der Waals surface area contributed by atoms with Crippen LogP contribution in [-0.2, 0) is 16.9 Å². The van der Waals surface area contributed by atoms with E-state index in [1.807, 2.05) is 6.07 Å². The third kappa shape index (κ3) is 1.42. The molecule has 4 heteroatoms. The summed E-state index contributed by atoms with van der Waals surface area (Å²) < 4.78 is 10.6. The number of benzene rings is 1. The Morgan fingerprint density at radius 2 is 2.13 bits per heavy atom. The van der Waals surface area contributed by atoms with Gasteiger partial charge in [0.2, 0.25) is 0 Å². The summed E-state index contributed by atoms with van der Waals surface area (Å²) in [5.74, 6) is 0.779. The average molecular weight is 227 g/mol. The molecular weight excluding hydrogens is 216 g/mol. The summed E-state index contributed by atoms with van der Waals surface area (Å²) in [5.41, 5.74) is 0.946. The quantitative estimate of drug-likeness (QED) is 0.798. The highest BCUT2D eigenvalue weighted by molar-refractivity contribution is 6.31. The van der Waals surface area contributed by atoms with E-state index in [9.17, 15) is 5.11 Å². The van der Waals surface area contributed by atoms with Gasteiger partial charge in [0.15, 0.2) is 6.79 Å². The predicted molar refractivity (Wildman–Crippen MR) is 54.9 cm³/mol. The zero-order valence-corrected chi connectivity index (χ0v) is 8.88. The van der Waals surface area contributed by atoms with Crippen LogP contribution in [0, 0.1) is 0 Å². The monoisotopic (exact) mass is 226 g/mol. The fourth-order valence-corrected chi connectivity index (χ4v) is 2.35. The fourth-order valence-electron chi connectivity index (χ4n) is 2.00. The van der Waals surface area contributed by atoms with E-state index in [1.165, 1.54) is 0 Å². The molecule has 3 rings (SSSR count). The normalized spacial score (nSPS) is 21.7. The SMILES string of the molecule is OC1(c2c(Cl)ccc3c2COCO3)CC1. The second-order valence-corrected chi connectivity index (χ2v) is 4.45. The van der Waals surface area contributed by atoms with Crippen LogP contribution in [0.25, 0.3) is 0 Å². The standard InChI is InChI=1S/C11H11ClO3/c12-8-1-2-9-7(5-14-6-15-9)10(8)11(13)3-4-11/h1-2,13H,3-6H2. The van der Waals surface area contributed by atoms with Gasteiger partial charge in [0.1, 0.15) is 5.75 Å². The van der Waals surface area contributed by atoms with Crippen LogP contribution in [0.15, 0.2) is 12.1 Å². The number of hydrogen-bond donors (Lipinski definition) is 1. The van der Waals surface area contributed by atoms with Gasteiger partial charge in [-0.25, -0.2) is 0 Å². The van der Waals surface area contributed by atoms with Crippen molar-refractivity contribution in [3.63, 3.8) is 0 Å². The molecule has 0 amide bonds. The Balaban J connectivity index is 2.18. The van der Waals surface area contributed by atoms with Crippen LogP contribution in [0.2, 0.25) is 5.02 Å². The molecular formula is C11H11ClO3. The highest BCUT2D eigenvalue weighted by Crippen LogP contribution is 2.51. The Morgan fingerprint density at radius 1 is 1.33 bits per heavy atom. The van der Waals surface area contributed by atoms with E-state index >= 15 is 0 Å². The molecule has 0 aromatic heterocycles. The Labute approximate surface area is 92.6 Å². The summed E-state index contributed by atoms with van der Waals surface area (Å²) in [6, 6.07) is 3.60. The molecule has 1 aromatic carbocycles. The van der Waals surface area contributed by atoms with Crippen LogP contribution in [-0.4, -0.2) is 11.9 Å². The third-order valence-corrected chi connectivity index (χ3v) is 3.27. The minimum absolute atomic E-state index is 0.270. The lowest BCUT2D eigenvalue weighted by Gasteiger charge is -2.23. The lowest BCUT2D eigenvalue weighted by molar-refractivity contribution is -0.0184. The summed E-state index contributed by atoms with van der Waals surface area (Å²) >= 11 is 6.11. The summed E-state index contributed by atoms with van der Waals surface area (Å²) in [6.07, 6.45) is 1.53. The Kier molecular flexibility index (Phi) is 1.96. The summed E-state index contributed by atoms with van der Waals surface area (Å²) in [4.78, 5) is 0. The zero-order chi connectivity index (χ0) is 10.5. The van der Waals surface area contributed by atoms with Gasteiger partial charge < -0.3 is 14.6 Å². The minimum atomic E-state index is -0.744. The Hall–Kier alpha value is -0.770. The van der Waals surface area contributed by atoms with Crippen molar-refractivity contribution in [3.05, 3.63) is 28.3 Å². The molecule has 0 bridgehead atoms. The number of rotatable bonds is 1. The average Bonchev–Trinajstić information content (AvgIpc) is 2.97. The van der Waals surface area contributed by atoms with Gasteiger partial charge in [0.25, 0.3) is 0 Å². The molecule has 3 nitrogen and oxygen atoms in total. The van der Waals surface area contributed by atoms with Crippen LogP contribution >= 0.6 is 11.6 Å². The van der Waals surface area contributed by atoms with Gasteiger partial charge in [-0.2, -0.15) is 0 Å². The molecule has 1 heterocycles. The predicted octanol–water partition coefficient (Wildman–Crippen LogP) is 2.19. The highest BCUT2D eigenvalue weighted by Gasteiger charge is 2.46. The van der Waals surface area contributed by atoms with Crippen LogP contribution in [0.5, 0.6) is 5.75 Å². The van der Waals surface area contributed by atoms with Crippen LogP contribution in [0.3, 0.4) is 0 Å². The molecule has 0 saturated heterocycles. The molecule has 0 atom stereocenters. The molecule has 1 aromatic rings. The maximum absolute atomic E-state index is 10.1. The van der Waals surface area contributed by atoms with E-state index in [2.05, 4.69) is 0 Å². The molecule has 1 aliphatic heterocycles. The second-order valence-electron chi connectivity index (χ2n) is 4.04. The van der Waals surface area contributed by atoms with Crippen molar-refractivity contribution in [2.75, 3.05) is 6.79 Å². The van der Waals surface area contributed by atoms with Gasteiger partial charge in [-0.05, 0) is 25.0 Å². The molecule has 1 saturated carbocycles. The lowest BCUT2D eigenvalue weighted by atomic mass is 9.99. The largest absolute Gasteiger partial charge is 0.467 e. The zero-order valence-electron chi connectivity index (χ0n) is 8.12. The van der Waals surface area contributed by atoms with Crippen molar-refractivity contribution in [1.82, 2.24) is 0 Å². The van der Waals surface area contributed by atoms with E-state index in [0.29, 0.717) is 11.6 Å². The number of hydrogen-bond acceptors (Lipinski definition) is 3. The van der Waals surface area contributed by atoms with Gasteiger partial charge in [0, 0.05) is 16.1 Å². The second kappa shape index (κ2) is 3.11. The van der Waals surface area contributed by atoms with E-state index in [1.54, 1.807) is 6.07 Å². The van der Waals surface area contributed by atoms with Crippen molar-refractivity contribution in [2.45, 2.75) is 25.0 Å². The lowest BCUT2D eigenvalue weighted by Crippen LogP contribution is -2.17. The van der Waals surface area contributed by atoms with Crippen molar-refractivity contribution in [2.24, 2.45) is 0 Å². The van der Waals surface area contributed by atoms with Crippen molar-refractivity contribution in [1.29, 1.82) is 0 Å². The van der Waals surface area contributed by atoms with Gasteiger partial charge in [-0.15, -0.1) is 0 Å². The van der Waals surface area contributed by atoms with Gasteiger partial charge in [-0.1, -0.05) is 11.6 Å². The van der Waals surface area contributed by atoms with Gasteiger partial charge in [0.05, 0.1) is 12.2 Å². The van der Waals surface area contributed by atoms with E-state index in [-0.39, 0.29) is 6.79 Å². The first kappa shape index (κ1) is 9.46. The van der Waals surface area contributed by atoms with Gasteiger partial charge >= 0.3 is 0 Å². The minimum Gasteiger partial charge on any atom is -0.467 e. The van der Waals surface area contributed by atoms with Crippen molar-refractivity contribution < 1.29 is 14.6 Å². The molecule has 1 aliphatic carbocycles. The highest BCUT2D eigenvalue weighted by atomic mass is 35.5. The van der Waals surface area contributed by atoms with Crippen LogP contribution < -0.4 is 4.74 Å². The summed E-state index contributed by atoms with van der Waals surface area (Å²) in [6.45, 7) is 0.736. The maximum Gasteiger partial charge on any atom is 0.189 e. The van der Waals surface area contributed by atoms with Crippen molar-refractivity contribution >= 4 is 11.6 Å². The third-order valence-electron chi connectivity index (χ3n) is 2.95. The molecule has 2 aliphatic rings. The first-order valence-corrected chi connectivity index (χ1v) is 5.33. The number of fused-ring (bicyclic) bond motifs is 1. The number of ether oxygens (including phenoxy) is 2. The smallest absolute Gasteiger partial charge is 0.189 e. The molecule has 0 radical (unpaired) electrons. The summed E-state index contributed by atoms with van der Waals surface area (Å²) in [7, 11) is 0. The molecule has 0 spiro atoms. The van der Waals surface area contributed by atoms with Crippen molar-refractivity contribution in [3.8, 4) is 5.75 Å². The number of halogens is 1. The molecule has 15 heavy (non-hydrogen) atoms. The Morgan fingerprint density at radius 3 is 2.87 bits per heavy atom. The molecule has 1 fully saturated rings. The fraction of sp³-hybridized carbons (Fsp3) is 0.455. The Bertz CT molecular complexity index is 413.